The van der Waals surface area contributed by atoms with Gasteiger partial charge in [0.05, 0.1) is 18.0 Å². The average molecular weight is 396 g/mol. The molecular weight excluding hydrogens is 379 g/mol. The number of nitrogens with zero attached hydrogens (tertiary/aromatic N) is 6. The van der Waals surface area contributed by atoms with Gasteiger partial charge in [0.25, 0.3) is 5.88 Å². The predicted molar refractivity (Wildman–Crippen MR) is 99.8 cm³/mol. The molecule has 10 nitrogen and oxygen atoms in total. The number of tetrazole rings is 1. The lowest BCUT2D eigenvalue weighted by Gasteiger charge is -2.07. The largest absolute Gasteiger partial charge is 0.436 e. The Morgan fingerprint density at radius 2 is 2.07 bits per heavy atom. The standard InChI is InChI=1S/C18H17FN8O2/c19-15-7-11(16-5-6-22-23-16)9-21-18(15)29-14-3-1-13(2-4-14)27-25-17(24-26-27)8-12(20)10-28/h1-7,9,12,28H,8,10,20H2,(H,22,23)/t12-/m0/s1. The van der Waals surface area contributed by atoms with Crippen molar-refractivity contribution in [3.63, 3.8) is 0 Å². The highest BCUT2D eigenvalue weighted by atomic mass is 19.1. The van der Waals surface area contributed by atoms with E-state index in [1.54, 1.807) is 36.5 Å². The van der Waals surface area contributed by atoms with Crippen molar-refractivity contribution in [3.05, 3.63) is 60.4 Å². The summed E-state index contributed by atoms with van der Waals surface area (Å²) in [5.41, 5.74) is 7.44. The molecule has 3 aromatic heterocycles. The van der Waals surface area contributed by atoms with Crippen molar-refractivity contribution >= 4 is 0 Å². The van der Waals surface area contributed by atoms with Gasteiger partial charge >= 0.3 is 0 Å². The van der Waals surface area contributed by atoms with Gasteiger partial charge in [0, 0.05) is 30.4 Å². The van der Waals surface area contributed by atoms with Crippen LogP contribution in [0.1, 0.15) is 5.82 Å². The van der Waals surface area contributed by atoms with E-state index in [0.717, 1.165) is 0 Å². The lowest BCUT2D eigenvalue weighted by Crippen LogP contribution is -2.27. The van der Waals surface area contributed by atoms with E-state index in [2.05, 4.69) is 30.6 Å². The minimum Gasteiger partial charge on any atom is -0.436 e. The molecule has 0 spiro atoms. The SMILES string of the molecule is N[C@H](CO)Cc1nnn(-c2ccc(Oc3ncc(-c4cc[nH]n4)cc3F)cc2)n1. The van der Waals surface area contributed by atoms with Crippen molar-refractivity contribution in [2.75, 3.05) is 6.61 Å². The Hall–Kier alpha value is -3.70. The van der Waals surface area contributed by atoms with Crippen molar-refractivity contribution in [1.29, 1.82) is 0 Å². The molecule has 0 aliphatic carbocycles. The first-order chi connectivity index (χ1) is 14.1. The highest BCUT2D eigenvalue weighted by molar-refractivity contribution is 5.57. The molecular formula is C18H17FN8O2. The second-order valence-corrected chi connectivity index (χ2v) is 6.21. The zero-order valence-electron chi connectivity index (χ0n) is 15.1. The summed E-state index contributed by atoms with van der Waals surface area (Å²) in [5, 5.41) is 27.7. The number of nitrogens with two attached hydrogens (primary N) is 1. The maximum absolute atomic E-state index is 14.3. The molecule has 0 aliphatic heterocycles. The molecule has 0 unspecified atom stereocenters. The van der Waals surface area contributed by atoms with Crippen molar-refractivity contribution < 1.29 is 14.2 Å². The Bertz CT molecular complexity index is 1080. The smallest absolute Gasteiger partial charge is 0.255 e. The zero-order valence-corrected chi connectivity index (χ0v) is 15.1. The van der Waals surface area contributed by atoms with Crippen LogP contribution in [0.3, 0.4) is 0 Å². The summed E-state index contributed by atoms with van der Waals surface area (Å²) in [5.74, 6) is 0.0824. The fourth-order valence-electron chi connectivity index (χ4n) is 2.55. The summed E-state index contributed by atoms with van der Waals surface area (Å²) >= 11 is 0. The summed E-state index contributed by atoms with van der Waals surface area (Å²) in [6, 6.07) is 9.26. The molecule has 0 amide bonds. The van der Waals surface area contributed by atoms with E-state index in [1.807, 2.05) is 0 Å². The third kappa shape index (κ3) is 4.25. The third-order valence-electron chi connectivity index (χ3n) is 4.02. The summed E-state index contributed by atoms with van der Waals surface area (Å²) in [6.45, 7) is -0.159. The van der Waals surface area contributed by atoms with Gasteiger partial charge < -0.3 is 15.6 Å². The Morgan fingerprint density at radius 1 is 1.24 bits per heavy atom. The highest BCUT2D eigenvalue weighted by Gasteiger charge is 2.12. The molecule has 0 saturated carbocycles. The molecule has 0 saturated heterocycles. The number of hydrogen-bond acceptors (Lipinski definition) is 8. The molecule has 1 aromatic carbocycles. The van der Waals surface area contributed by atoms with Gasteiger partial charge in [-0.05, 0) is 41.6 Å². The first kappa shape index (κ1) is 18.7. The molecule has 0 bridgehead atoms. The average Bonchev–Trinajstić information content (AvgIpc) is 3.42. The van der Waals surface area contributed by atoms with Crippen molar-refractivity contribution in [2.24, 2.45) is 5.73 Å². The van der Waals surface area contributed by atoms with Crippen LogP contribution in [0.25, 0.3) is 16.9 Å². The lowest BCUT2D eigenvalue weighted by atomic mass is 10.2. The first-order valence-corrected chi connectivity index (χ1v) is 8.71. The molecule has 4 N–H and O–H groups in total. The van der Waals surface area contributed by atoms with Crippen LogP contribution in [0, 0.1) is 5.82 Å². The maximum Gasteiger partial charge on any atom is 0.255 e. The summed E-state index contributed by atoms with van der Waals surface area (Å²) in [4.78, 5) is 5.36. The van der Waals surface area contributed by atoms with Gasteiger partial charge in [-0.3, -0.25) is 5.10 Å². The Kier molecular flexibility index (Phi) is 5.22. The fraction of sp³-hybridized carbons (Fsp3) is 0.167. The van der Waals surface area contributed by atoms with Crippen LogP contribution in [0.4, 0.5) is 4.39 Å². The first-order valence-electron chi connectivity index (χ1n) is 8.71. The predicted octanol–water partition coefficient (Wildman–Crippen LogP) is 1.24. The van der Waals surface area contributed by atoms with E-state index in [1.165, 1.54) is 17.1 Å². The monoisotopic (exact) mass is 396 g/mol. The highest BCUT2D eigenvalue weighted by Crippen LogP contribution is 2.26. The Morgan fingerprint density at radius 3 is 2.76 bits per heavy atom. The quantitative estimate of drug-likeness (QED) is 0.424. The van der Waals surface area contributed by atoms with Crippen molar-refractivity contribution in [3.8, 4) is 28.6 Å². The molecule has 148 valence electrons. The van der Waals surface area contributed by atoms with E-state index in [-0.39, 0.29) is 12.5 Å². The summed E-state index contributed by atoms with van der Waals surface area (Å²) in [7, 11) is 0. The van der Waals surface area contributed by atoms with Crippen LogP contribution < -0.4 is 10.5 Å². The normalized spacial score (nSPS) is 12.1. The van der Waals surface area contributed by atoms with E-state index >= 15 is 0 Å². The number of halogens is 1. The minimum absolute atomic E-state index is 0.142. The number of rotatable bonds is 7. The number of aromatic nitrogens is 7. The number of nitrogens with one attached hydrogen (secondary N) is 1. The van der Waals surface area contributed by atoms with E-state index in [0.29, 0.717) is 34.9 Å². The number of H-pyrrole nitrogens is 1. The second kappa shape index (κ2) is 8.12. The van der Waals surface area contributed by atoms with E-state index in [9.17, 15) is 4.39 Å². The van der Waals surface area contributed by atoms with E-state index in [4.69, 9.17) is 15.6 Å². The molecule has 3 heterocycles. The second-order valence-electron chi connectivity index (χ2n) is 6.21. The number of benzene rings is 1. The van der Waals surface area contributed by atoms with Gasteiger partial charge in [0.2, 0.25) is 0 Å². The zero-order chi connectivity index (χ0) is 20.2. The maximum atomic E-state index is 14.3. The molecule has 4 aromatic rings. The number of hydrogen-bond donors (Lipinski definition) is 3. The van der Waals surface area contributed by atoms with Crippen LogP contribution >= 0.6 is 0 Å². The topological polar surface area (TPSA) is 141 Å². The molecule has 0 radical (unpaired) electrons. The number of aromatic amines is 1. The van der Waals surface area contributed by atoms with Gasteiger partial charge in [0.1, 0.15) is 5.75 Å². The van der Waals surface area contributed by atoms with Crippen LogP contribution in [0.5, 0.6) is 11.6 Å². The van der Waals surface area contributed by atoms with E-state index < -0.39 is 11.9 Å². The third-order valence-corrected chi connectivity index (χ3v) is 4.02. The molecule has 0 fully saturated rings. The minimum atomic E-state index is -0.600. The van der Waals surface area contributed by atoms with Crippen molar-refractivity contribution in [1.82, 2.24) is 35.4 Å². The summed E-state index contributed by atoms with van der Waals surface area (Å²) in [6.07, 6.45) is 3.45. The van der Waals surface area contributed by atoms with Crippen LogP contribution in [0.15, 0.2) is 48.8 Å². The van der Waals surface area contributed by atoms with Crippen LogP contribution in [-0.2, 0) is 6.42 Å². The number of aliphatic hydroxyl groups is 1. The number of aliphatic hydroxyl groups excluding tert-OH is 1. The van der Waals surface area contributed by atoms with Gasteiger partial charge in [-0.15, -0.1) is 15.0 Å². The molecule has 1 atom stereocenters. The molecule has 11 heteroatoms. The Balaban J connectivity index is 1.46. The fourth-order valence-corrected chi connectivity index (χ4v) is 2.55. The number of pyridine rings is 1. The van der Waals surface area contributed by atoms with Gasteiger partial charge in [-0.2, -0.15) is 5.10 Å². The molecule has 0 aliphatic rings. The Labute approximate surface area is 164 Å². The molecule has 29 heavy (non-hydrogen) atoms. The van der Waals surface area contributed by atoms with Gasteiger partial charge in [-0.25, -0.2) is 9.37 Å². The number of ether oxygens (including phenoxy) is 1. The van der Waals surface area contributed by atoms with Crippen LogP contribution in [0.2, 0.25) is 0 Å². The van der Waals surface area contributed by atoms with Crippen LogP contribution in [-0.4, -0.2) is 53.1 Å². The molecule has 4 rings (SSSR count). The van der Waals surface area contributed by atoms with Gasteiger partial charge in [0.15, 0.2) is 11.6 Å². The van der Waals surface area contributed by atoms with Gasteiger partial charge in [-0.1, -0.05) is 0 Å². The van der Waals surface area contributed by atoms with Crippen molar-refractivity contribution in [2.45, 2.75) is 12.5 Å². The summed E-state index contributed by atoms with van der Waals surface area (Å²) < 4.78 is 19.8. The lowest BCUT2D eigenvalue weighted by molar-refractivity contribution is 0.264.